The van der Waals surface area contributed by atoms with Gasteiger partial charge in [-0.1, -0.05) is 36.8 Å². The van der Waals surface area contributed by atoms with Gasteiger partial charge in [0.15, 0.2) is 0 Å². The van der Waals surface area contributed by atoms with Crippen LogP contribution in [-0.2, 0) is 6.54 Å². The van der Waals surface area contributed by atoms with Crippen molar-refractivity contribution >= 4 is 0 Å². The Morgan fingerprint density at radius 1 is 1.20 bits per heavy atom. The van der Waals surface area contributed by atoms with Crippen LogP contribution in [0.2, 0.25) is 0 Å². The summed E-state index contributed by atoms with van der Waals surface area (Å²) in [6.07, 6.45) is 5.66. The van der Waals surface area contributed by atoms with E-state index in [1.165, 1.54) is 18.4 Å². The minimum Gasteiger partial charge on any atom is -0.387 e. The van der Waals surface area contributed by atoms with Gasteiger partial charge in [0.05, 0.1) is 5.60 Å². The van der Waals surface area contributed by atoms with Crippen LogP contribution >= 0.6 is 0 Å². The Hall–Kier alpha value is -0.900. The molecule has 2 saturated heterocycles. The Kier molecular flexibility index (Phi) is 4.39. The number of benzene rings is 1. The second kappa shape index (κ2) is 6.25. The lowest BCUT2D eigenvalue weighted by molar-refractivity contribution is -0.0659. The molecule has 0 saturated carbocycles. The minimum atomic E-state index is -0.534. The smallest absolute Gasteiger partial charge is 0.0926 e. The van der Waals surface area contributed by atoms with Gasteiger partial charge in [0, 0.05) is 19.1 Å². The molecule has 3 nitrogen and oxygen atoms in total. The summed E-state index contributed by atoms with van der Waals surface area (Å²) in [6.45, 7) is 3.92. The van der Waals surface area contributed by atoms with E-state index in [2.05, 4.69) is 40.5 Å². The molecule has 0 amide bonds. The lowest BCUT2D eigenvalue weighted by Crippen LogP contribution is -2.60. The molecule has 0 spiro atoms. The average Bonchev–Trinajstić information content (AvgIpc) is 2.49. The molecule has 2 aliphatic rings. The topological polar surface area (TPSA) is 35.5 Å². The maximum atomic E-state index is 11.0. The van der Waals surface area contributed by atoms with E-state index in [0.717, 1.165) is 45.4 Å². The van der Waals surface area contributed by atoms with Crippen molar-refractivity contribution in [2.45, 2.75) is 50.3 Å². The van der Waals surface area contributed by atoms with Gasteiger partial charge in [-0.05, 0) is 44.3 Å². The summed E-state index contributed by atoms with van der Waals surface area (Å²) in [5.74, 6) is 0. The average molecular weight is 274 g/mol. The molecule has 3 rings (SSSR count). The first-order valence-electron chi connectivity index (χ1n) is 7.98. The van der Waals surface area contributed by atoms with Crippen LogP contribution in [0.5, 0.6) is 0 Å². The molecule has 1 aromatic rings. The van der Waals surface area contributed by atoms with Crippen molar-refractivity contribution in [2.75, 3.05) is 19.6 Å². The van der Waals surface area contributed by atoms with E-state index in [1.807, 2.05) is 0 Å². The molecule has 0 radical (unpaired) electrons. The molecule has 2 unspecified atom stereocenters. The van der Waals surface area contributed by atoms with E-state index in [9.17, 15) is 5.11 Å². The van der Waals surface area contributed by atoms with Crippen molar-refractivity contribution in [3.63, 3.8) is 0 Å². The summed E-state index contributed by atoms with van der Waals surface area (Å²) in [5.41, 5.74) is 0.807. The number of piperidine rings is 2. The Labute approximate surface area is 122 Å². The first kappa shape index (κ1) is 14.1. The number of hydrogen-bond donors (Lipinski definition) is 2. The summed E-state index contributed by atoms with van der Waals surface area (Å²) < 4.78 is 0. The number of nitrogens with one attached hydrogen (secondary N) is 1. The zero-order chi connectivity index (χ0) is 13.8. The summed E-state index contributed by atoms with van der Waals surface area (Å²) in [5, 5.41) is 14.6. The highest BCUT2D eigenvalue weighted by Crippen LogP contribution is 2.29. The van der Waals surface area contributed by atoms with Gasteiger partial charge in [-0.15, -0.1) is 0 Å². The van der Waals surface area contributed by atoms with Gasteiger partial charge in [0.1, 0.15) is 0 Å². The molecule has 110 valence electrons. The first-order chi connectivity index (χ1) is 9.76. The third-order valence-electron chi connectivity index (χ3n) is 4.79. The Morgan fingerprint density at radius 2 is 2.05 bits per heavy atom. The van der Waals surface area contributed by atoms with Gasteiger partial charge in [0.2, 0.25) is 0 Å². The van der Waals surface area contributed by atoms with Crippen molar-refractivity contribution in [1.29, 1.82) is 0 Å². The van der Waals surface area contributed by atoms with Crippen molar-refractivity contribution in [3.8, 4) is 0 Å². The summed E-state index contributed by atoms with van der Waals surface area (Å²) in [7, 11) is 0. The maximum absolute atomic E-state index is 11.0. The van der Waals surface area contributed by atoms with Gasteiger partial charge in [-0.3, -0.25) is 4.90 Å². The number of nitrogens with zero attached hydrogens (tertiary/aromatic N) is 1. The van der Waals surface area contributed by atoms with Crippen LogP contribution in [0.4, 0.5) is 0 Å². The van der Waals surface area contributed by atoms with Crippen LogP contribution in [0.3, 0.4) is 0 Å². The van der Waals surface area contributed by atoms with Gasteiger partial charge in [-0.2, -0.15) is 0 Å². The lowest BCUT2D eigenvalue weighted by Gasteiger charge is -2.45. The highest BCUT2D eigenvalue weighted by Gasteiger charge is 2.40. The Bertz CT molecular complexity index is 416. The number of hydrogen-bond acceptors (Lipinski definition) is 3. The molecule has 1 aromatic carbocycles. The van der Waals surface area contributed by atoms with Crippen molar-refractivity contribution < 1.29 is 5.11 Å². The quantitative estimate of drug-likeness (QED) is 0.886. The van der Waals surface area contributed by atoms with E-state index < -0.39 is 5.60 Å². The van der Waals surface area contributed by atoms with Gasteiger partial charge in [-0.25, -0.2) is 0 Å². The highest BCUT2D eigenvalue weighted by atomic mass is 16.3. The summed E-state index contributed by atoms with van der Waals surface area (Å²) in [4.78, 5) is 2.41. The van der Waals surface area contributed by atoms with E-state index >= 15 is 0 Å². The van der Waals surface area contributed by atoms with Crippen LogP contribution in [0.15, 0.2) is 30.3 Å². The second-order valence-electron chi connectivity index (χ2n) is 6.41. The zero-order valence-electron chi connectivity index (χ0n) is 12.2. The van der Waals surface area contributed by atoms with Crippen LogP contribution < -0.4 is 5.32 Å². The predicted molar refractivity (Wildman–Crippen MR) is 81.5 cm³/mol. The fraction of sp³-hybridized carbons (Fsp3) is 0.647. The maximum Gasteiger partial charge on any atom is 0.0926 e. The van der Waals surface area contributed by atoms with E-state index in [0.29, 0.717) is 0 Å². The molecule has 0 aromatic heterocycles. The van der Waals surface area contributed by atoms with Crippen LogP contribution in [0.1, 0.15) is 37.7 Å². The van der Waals surface area contributed by atoms with Gasteiger partial charge in [0.25, 0.3) is 0 Å². The number of β-amino-alcohol motifs (C(OH)–C–C–N with tert-alkyl or cyclic N) is 1. The monoisotopic (exact) mass is 274 g/mol. The molecule has 0 bridgehead atoms. The molecular formula is C17H26N2O. The molecule has 2 heterocycles. The van der Waals surface area contributed by atoms with E-state index in [1.54, 1.807) is 0 Å². The minimum absolute atomic E-state index is 0.287. The summed E-state index contributed by atoms with van der Waals surface area (Å²) >= 11 is 0. The fourth-order valence-corrected chi connectivity index (χ4v) is 3.73. The van der Waals surface area contributed by atoms with Crippen molar-refractivity contribution in [3.05, 3.63) is 35.9 Å². The molecular weight excluding hydrogens is 248 g/mol. The number of aliphatic hydroxyl groups is 1. The van der Waals surface area contributed by atoms with E-state index in [-0.39, 0.29) is 6.04 Å². The molecule has 0 aliphatic carbocycles. The standard InChI is InChI=1S/C17H26N2O/c20-17(16-9-4-5-11-18-16)10-6-12-19(14-17)13-15-7-2-1-3-8-15/h1-3,7-8,16,18,20H,4-6,9-14H2. The first-order valence-corrected chi connectivity index (χ1v) is 7.98. The largest absolute Gasteiger partial charge is 0.387 e. The zero-order valence-corrected chi connectivity index (χ0v) is 12.2. The lowest BCUT2D eigenvalue weighted by atomic mass is 9.81. The number of likely N-dealkylation sites (tertiary alicyclic amines) is 1. The van der Waals surface area contributed by atoms with Gasteiger partial charge >= 0.3 is 0 Å². The van der Waals surface area contributed by atoms with Crippen molar-refractivity contribution in [2.24, 2.45) is 0 Å². The van der Waals surface area contributed by atoms with E-state index in [4.69, 9.17) is 0 Å². The highest BCUT2D eigenvalue weighted by molar-refractivity contribution is 5.15. The fourth-order valence-electron chi connectivity index (χ4n) is 3.73. The van der Waals surface area contributed by atoms with Crippen LogP contribution in [0, 0.1) is 0 Å². The van der Waals surface area contributed by atoms with Crippen molar-refractivity contribution in [1.82, 2.24) is 10.2 Å². The molecule has 2 aliphatic heterocycles. The number of rotatable bonds is 3. The Balaban J connectivity index is 1.63. The van der Waals surface area contributed by atoms with Crippen LogP contribution in [0.25, 0.3) is 0 Å². The Morgan fingerprint density at radius 3 is 2.80 bits per heavy atom. The third kappa shape index (κ3) is 3.22. The molecule has 2 atom stereocenters. The molecule has 2 N–H and O–H groups in total. The normalized spacial score (nSPS) is 32.1. The second-order valence-corrected chi connectivity index (χ2v) is 6.41. The molecule has 2 fully saturated rings. The summed E-state index contributed by atoms with van der Waals surface area (Å²) in [6, 6.07) is 10.9. The van der Waals surface area contributed by atoms with Gasteiger partial charge < -0.3 is 10.4 Å². The molecule has 20 heavy (non-hydrogen) atoms. The third-order valence-corrected chi connectivity index (χ3v) is 4.79. The van der Waals surface area contributed by atoms with Crippen LogP contribution in [-0.4, -0.2) is 41.3 Å². The SMILES string of the molecule is OC1(C2CCCCN2)CCCN(Cc2ccccc2)C1. The molecule has 3 heteroatoms. The predicted octanol–water partition coefficient (Wildman–Crippen LogP) is 2.16.